The molecule has 0 amide bonds. The highest BCUT2D eigenvalue weighted by atomic mass is 16.5. The Morgan fingerprint density at radius 2 is 1.55 bits per heavy atom. The summed E-state index contributed by atoms with van der Waals surface area (Å²) in [4.78, 5) is 11.1. The van der Waals surface area contributed by atoms with Crippen molar-refractivity contribution in [3.8, 4) is 5.75 Å². The van der Waals surface area contributed by atoms with Gasteiger partial charge in [-0.25, -0.2) is 4.42 Å². The van der Waals surface area contributed by atoms with Gasteiger partial charge in [-0.15, -0.1) is 0 Å². The van der Waals surface area contributed by atoms with Crippen LogP contribution in [0.25, 0.3) is 22.6 Å². The van der Waals surface area contributed by atoms with Gasteiger partial charge in [0.25, 0.3) is 0 Å². The topological polar surface area (TPSA) is 62.2 Å². The predicted molar refractivity (Wildman–Crippen MR) is 156 cm³/mol. The molecule has 0 saturated carbocycles. The summed E-state index contributed by atoms with van der Waals surface area (Å²) in [6.07, 6.45) is 5.69. The van der Waals surface area contributed by atoms with Crippen molar-refractivity contribution in [1.82, 2.24) is 0 Å². The molecule has 2 aliphatic rings. The molecular formula is C34H36O4+2. The van der Waals surface area contributed by atoms with Crippen LogP contribution in [0.1, 0.15) is 69.6 Å². The number of ether oxygens (including phenoxy) is 1. The van der Waals surface area contributed by atoms with Gasteiger partial charge in [-0.3, -0.25) is 4.79 Å². The summed E-state index contributed by atoms with van der Waals surface area (Å²) < 4.78 is 12.4. The first-order valence-corrected chi connectivity index (χ1v) is 13.0. The maximum absolute atomic E-state index is 11.1. The fourth-order valence-corrected chi connectivity index (χ4v) is 4.67. The second-order valence-corrected chi connectivity index (χ2v) is 12.4. The van der Waals surface area contributed by atoms with Gasteiger partial charge >= 0.3 is 17.1 Å². The van der Waals surface area contributed by atoms with Crippen molar-refractivity contribution in [2.45, 2.75) is 60.8 Å². The van der Waals surface area contributed by atoms with E-state index >= 15 is 0 Å². The molecule has 4 nitrogen and oxygen atoms in total. The van der Waals surface area contributed by atoms with E-state index in [2.05, 4.69) is 53.7 Å². The SMILES string of the molecule is Cc1ccc2c(c1)C(=CC1=C(O)C(=Cc3cc(C(C)(C)C)[o+]c4ccc(C)cc34)C1=[OH+])C=C(C(C)(C)C)O2. The van der Waals surface area contributed by atoms with Gasteiger partial charge in [-0.1, -0.05) is 32.4 Å². The molecule has 0 fully saturated rings. The molecule has 38 heavy (non-hydrogen) atoms. The Bertz CT molecular complexity index is 1630. The summed E-state index contributed by atoms with van der Waals surface area (Å²) >= 11 is 0. The zero-order valence-corrected chi connectivity index (χ0v) is 23.5. The number of aliphatic hydroxyl groups excluding tert-OH is 1. The molecule has 1 aliphatic carbocycles. The molecule has 3 aromatic rings. The van der Waals surface area contributed by atoms with Crippen LogP contribution in [0, 0.1) is 19.3 Å². The minimum absolute atomic E-state index is 0.0697. The minimum atomic E-state index is -0.198. The molecule has 2 N–H and O–H groups in total. The van der Waals surface area contributed by atoms with Gasteiger partial charge in [0.2, 0.25) is 0 Å². The van der Waals surface area contributed by atoms with Crippen LogP contribution in [0.15, 0.2) is 81.7 Å². The van der Waals surface area contributed by atoms with E-state index in [4.69, 9.17) is 9.15 Å². The Morgan fingerprint density at radius 1 is 0.868 bits per heavy atom. The van der Waals surface area contributed by atoms with Crippen molar-refractivity contribution in [2.75, 3.05) is 0 Å². The lowest BCUT2D eigenvalue weighted by Gasteiger charge is -2.29. The molecule has 0 bridgehead atoms. The van der Waals surface area contributed by atoms with E-state index in [9.17, 15) is 9.90 Å². The quantitative estimate of drug-likeness (QED) is 0.278. The van der Waals surface area contributed by atoms with Crippen LogP contribution < -0.4 is 4.74 Å². The number of benzene rings is 2. The van der Waals surface area contributed by atoms with Crippen LogP contribution in [0.3, 0.4) is 0 Å². The summed E-state index contributed by atoms with van der Waals surface area (Å²) in [6.45, 7) is 16.7. The molecular weight excluding hydrogens is 472 g/mol. The Balaban J connectivity index is 1.63. The Kier molecular flexibility index (Phi) is 5.98. The third-order valence-electron chi connectivity index (χ3n) is 7.00. The fraction of sp³-hybridized carbons (Fsp3) is 0.294. The highest BCUT2D eigenvalue weighted by Gasteiger charge is 2.40. The highest BCUT2D eigenvalue weighted by molar-refractivity contribution is 6.25. The van der Waals surface area contributed by atoms with Crippen LogP contribution >= 0.6 is 0 Å². The van der Waals surface area contributed by atoms with E-state index < -0.39 is 0 Å². The van der Waals surface area contributed by atoms with E-state index in [0.29, 0.717) is 11.1 Å². The standard InChI is InChI=1S/C34H34O4/c1-19-9-11-27-23(13-19)21(17-29(37-27)33(3,4)5)15-25-31(35)26(32(25)36)16-22-18-30(34(6,7)8)38-28-12-10-20(2)14-24(22)28/h9-18H,1-8H3/p+2. The van der Waals surface area contributed by atoms with E-state index in [0.717, 1.165) is 56.1 Å². The number of aliphatic hydroxyl groups is 1. The van der Waals surface area contributed by atoms with Gasteiger partial charge in [-0.05, 0) is 88.2 Å². The van der Waals surface area contributed by atoms with Crippen molar-refractivity contribution in [3.63, 3.8) is 0 Å². The zero-order valence-electron chi connectivity index (χ0n) is 23.5. The van der Waals surface area contributed by atoms with Gasteiger partial charge < -0.3 is 9.84 Å². The molecule has 0 unspecified atom stereocenters. The number of aryl methyl sites for hydroxylation is 2. The third-order valence-corrected chi connectivity index (χ3v) is 7.00. The van der Waals surface area contributed by atoms with Crippen LogP contribution in [-0.2, 0) is 5.41 Å². The zero-order chi connectivity index (χ0) is 27.6. The van der Waals surface area contributed by atoms with Gasteiger partial charge in [0, 0.05) is 28.7 Å². The van der Waals surface area contributed by atoms with E-state index in [1.165, 1.54) is 0 Å². The Morgan fingerprint density at radius 3 is 2.21 bits per heavy atom. The van der Waals surface area contributed by atoms with Crippen molar-refractivity contribution in [2.24, 2.45) is 5.41 Å². The van der Waals surface area contributed by atoms with Gasteiger partial charge in [0.05, 0.1) is 10.8 Å². The molecule has 4 heteroatoms. The van der Waals surface area contributed by atoms with Crippen LogP contribution in [-0.4, -0.2) is 15.7 Å². The number of allylic oxidation sites excluding steroid dienone is 6. The summed E-state index contributed by atoms with van der Waals surface area (Å²) in [6, 6.07) is 14.1. The fourth-order valence-electron chi connectivity index (χ4n) is 4.67. The van der Waals surface area contributed by atoms with Crippen LogP contribution in [0.2, 0.25) is 0 Å². The normalized spacial score (nSPS) is 18.0. The largest absolute Gasteiger partial charge is 0.506 e. The first-order valence-electron chi connectivity index (χ1n) is 13.0. The molecule has 0 saturated heterocycles. The lowest BCUT2D eigenvalue weighted by Crippen LogP contribution is -2.22. The molecule has 2 aromatic carbocycles. The van der Waals surface area contributed by atoms with Gasteiger partial charge in [-0.2, -0.15) is 0 Å². The molecule has 0 radical (unpaired) electrons. The number of carbonyl (C=O) groups excluding carboxylic acids is 1. The predicted octanol–water partition coefficient (Wildman–Crippen LogP) is 8.79. The first-order chi connectivity index (χ1) is 17.7. The molecule has 194 valence electrons. The second-order valence-electron chi connectivity index (χ2n) is 12.4. The summed E-state index contributed by atoms with van der Waals surface area (Å²) in [5.41, 5.74) is 6.15. The molecule has 5 rings (SSSR count). The van der Waals surface area contributed by atoms with Crippen molar-refractivity contribution < 1.29 is 19.1 Å². The average Bonchev–Trinajstić information content (AvgIpc) is 2.84. The maximum Gasteiger partial charge on any atom is 0.361 e. The monoisotopic (exact) mass is 508 g/mol. The van der Waals surface area contributed by atoms with E-state index in [1.807, 2.05) is 62.4 Å². The lowest BCUT2D eigenvalue weighted by molar-refractivity contribution is 0.290. The van der Waals surface area contributed by atoms with E-state index in [-0.39, 0.29) is 22.4 Å². The first kappa shape index (κ1) is 25.7. The molecule has 1 aliphatic heterocycles. The van der Waals surface area contributed by atoms with Gasteiger partial charge in [0.15, 0.2) is 0 Å². The summed E-state index contributed by atoms with van der Waals surface area (Å²) in [7, 11) is 0. The molecule has 0 atom stereocenters. The van der Waals surface area contributed by atoms with E-state index in [1.54, 1.807) is 0 Å². The lowest BCUT2D eigenvalue weighted by atomic mass is 9.82. The maximum atomic E-state index is 11.1. The third kappa shape index (κ3) is 4.60. The number of hydrogen-bond donors (Lipinski definition) is 1. The minimum Gasteiger partial charge on any atom is -0.506 e. The van der Waals surface area contributed by atoms with Crippen LogP contribution in [0.5, 0.6) is 5.75 Å². The summed E-state index contributed by atoms with van der Waals surface area (Å²) in [5, 5.41) is 12.1. The highest BCUT2D eigenvalue weighted by Crippen LogP contribution is 2.42. The molecule has 0 spiro atoms. The second kappa shape index (κ2) is 8.83. The van der Waals surface area contributed by atoms with Crippen molar-refractivity contribution >= 4 is 28.4 Å². The van der Waals surface area contributed by atoms with Crippen molar-refractivity contribution in [1.29, 1.82) is 0 Å². The van der Waals surface area contributed by atoms with Crippen LogP contribution in [0.4, 0.5) is 0 Å². The smallest absolute Gasteiger partial charge is 0.361 e. The van der Waals surface area contributed by atoms with Crippen molar-refractivity contribution in [3.05, 3.63) is 105 Å². The molecule has 2 heterocycles. The number of ketones is 1. The Hall–Kier alpha value is -3.92. The number of hydrogen-bond acceptors (Lipinski definition) is 2. The number of rotatable bonds is 2. The number of fused-ring (bicyclic) bond motifs is 2. The average molecular weight is 509 g/mol. The Labute approximate surface area is 224 Å². The van der Waals surface area contributed by atoms with Gasteiger partial charge in [0.1, 0.15) is 28.4 Å². The summed E-state index contributed by atoms with van der Waals surface area (Å²) in [5.74, 6) is 2.58. The molecule has 1 aromatic heterocycles.